The Balaban J connectivity index is 1.38. The van der Waals surface area contributed by atoms with E-state index in [-0.39, 0.29) is 11.4 Å². The molecule has 0 spiro atoms. The number of nitro benzene ring substituents is 2. The summed E-state index contributed by atoms with van der Waals surface area (Å²) in [7, 11) is 0. The third kappa shape index (κ3) is 6.07. The van der Waals surface area contributed by atoms with Crippen molar-refractivity contribution in [1.29, 1.82) is 0 Å². The molecule has 0 aliphatic rings. The molecule has 178 valence electrons. The fourth-order valence-corrected chi connectivity index (χ4v) is 3.40. The molecule has 0 aliphatic heterocycles. The number of nitrogens with zero attached hydrogens (tertiary/aromatic N) is 3. The lowest BCUT2D eigenvalue weighted by Gasteiger charge is -2.17. The highest BCUT2D eigenvalue weighted by Crippen LogP contribution is 2.25. The van der Waals surface area contributed by atoms with E-state index in [0.29, 0.717) is 11.4 Å². The van der Waals surface area contributed by atoms with Crippen molar-refractivity contribution in [2.75, 3.05) is 5.06 Å². The van der Waals surface area contributed by atoms with Gasteiger partial charge >= 0.3 is 0 Å². The van der Waals surface area contributed by atoms with Crippen LogP contribution in [0.5, 0.6) is 0 Å². The maximum absolute atomic E-state index is 10.8. The van der Waals surface area contributed by atoms with Gasteiger partial charge in [-0.25, -0.2) is 5.06 Å². The highest BCUT2D eigenvalue weighted by atomic mass is 16.6. The Labute approximate surface area is 206 Å². The molecule has 8 nitrogen and oxygen atoms in total. The van der Waals surface area contributed by atoms with Crippen molar-refractivity contribution in [3.05, 3.63) is 140 Å². The van der Waals surface area contributed by atoms with Gasteiger partial charge in [-0.2, -0.15) is 0 Å². The fourth-order valence-electron chi connectivity index (χ4n) is 3.40. The molecule has 36 heavy (non-hydrogen) atoms. The number of benzene rings is 4. The van der Waals surface area contributed by atoms with Crippen molar-refractivity contribution in [1.82, 2.24) is 0 Å². The lowest BCUT2D eigenvalue weighted by atomic mass is 10.1. The summed E-state index contributed by atoms with van der Waals surface area (Å²) in [5.41, 5.74) is 4.80. The van der Waals surface area contributed by atoms with Gasteiger partial charge in [-0.3, -0.25) is 25.4 Å². The van der Waals surface area contributed by atoms with Gasteiger partial charge < -0.3 is 0 Å². The normalized spacial score (nSPS) is 11.1. The molecular weight excluding hydrogens is 458 g/mol. The van der Waals surface area contributed by atoms with Gasteiger partial charge in [0.2, 0.25) is 0 Å². The van der Waals surface area contributed by atoms with Crippen LogP contribution in [0.2, 0.25) is 0 Å². The molecule has 0 aliphatic carbocycles. The predicted molar refractivity (Wildman–Crippen MR) is 141 cm³/mol. The predicted octanol–water partition coefficient (Wildman–Crippen LogP) is 7.37. The summed E-state index contributed by atoms with van der Waals surface area (Å²) in [6.45, 7) is 0. The number of hydrogen-bond donors (Lipinski definition) is 1. The van der Waals surface area contributed by atoms with Crippen LogP contribution >= 0.6 is 0 Å². The van der Waals surface area contributed by atoms with Crippen molar-refractivity contribution in [2.24, 2.45) is 0 Å². The maximum atomic E-state index is 10.8. The minimum Gasteiger partial charge on any atom is -0.284 e. The van der Waals surface area contributed by atoms with Crippen LogP contribution in [0.4, 0.5) is 22.7 Å². The number of rotatable bonds is 8. The summed E-state index contributed by atoms with van der Waals surface area (Å²) < 4.78 is 0. The average molecular weight is 479 g/mol. The van der Waals surface area contributed by atoms with Crippen LogP contribution in [0.15, 0.2) is 97.1 Å². The second-order valence-corrected chi connectivity index (χ2v) is 7.86. The molecule has 0 saturated carbocycles. The van der Waals surface area contributed by atoms with E-state index in [1.54, 1.807) is 48.5 Å². The molecule has 4 aromatic carbocycles. The van der Waals surface area contributed by atoms with Gasteiger partial charge in [0.15, 0.2) is 0 Å². The summed E-state index contributed by atoms with van der Waals surface area (Å²) in [6.07, 6.45) is 7.49. The molecule has 0 atom stereocenters. The van der Waals surface area contributed by atoms with Gasteiger partial charge in [0.1, 0.15) is 0 Å². The van der Waals surface area contributed by atoms with Crippen molar-refractivity contribution < 1.29 is 15.1 Å². The van der Waals surface area contributed by atoms with Gasteiger partial charge in [-0.1, -0.05) is 48.6 Å². The maximum Gasteiger partial charge on any atom is 0.269 e. The monoisotopic (exact) mass is 479 g/mol. The Morgan fingerprint density at radius 2 is 0.750 bits per heavy atom. The zero-order valence-corrected chi connectivity index (χ0v) is 19.0. The van der Waals surface area contributed by atoms with Crippen LogP contribution in [0.25, 0.3) is 24.3 Å². The summed E-state index contributed by atoms with van der Waals surface area (Å²) in [5.74, 6) is 0. The highest BCUT2D eigenvalue weighted by Gasteiger charge is 2.06. The molecule has 4 aromatic rings. The van der Waals surface area contributed by atoms with Crippen molar-refractivity contribution in [3.63, 3.8) is 0 Å². The third-order valence-corrected chi connectivity index (χ3v) is 5.42. The first kappa shape index (κ1) is 24.1. The fraction of sp³-hybridized carbons (Fsp3) is 0. The van der Waals surface area contributed by atoms with E-state index in [1.807, 2.05) is 48.6 Å². The molecule has 0 aromatic heterocycles. The van der Waals surface area contributed by atoms with E-state index in [9.17, 15) is 25.4 Å². The standard InChI is InChI=1S/C28H21N3O5/c32-29(25-13-5-21(6-14-25)1-3-23-9-17-27(18-10-23)30(33)34)26-15-7-22(8-16-26)2-4-24-11-19-28(20-12-24)31(35)36/h1-20,32H. The van der Waals surface area contributed by atoms with E-state index in [4.69, 9.17) is 0 Å². The molecule has 0 bridgehead atoms. The van der Waals surface area contributed by atoms with E-state index >= 15 is 0 Å². The summed E-state index contributed by atoms with van der Waals surface area (Å²) in [6, 6.07) is 27.2. The number of anilines is 2. The molecule has 0 heterocycles. The molecule has 1 N–H and O–H groups in total. The zero-order valence-electron chi connectivity index (χ0n) is 19.0. The molecule has 8 heteroatoms. The van der Waals surface area contributed by atoms with Crippen LogP contribution in [-0.2, 0) is 0 Å². The van der Waals surface area contributed by atoms with E-state index in [0.717, 1.165) is 27.3 Å². The molecule has 0 unspecified atom stereocenters. The molecule has 0 amide bonds. The molecule has 0 saturated heterocycles. The Morgan fingerprint density at radius 3 is 1.00 bits per heavy atom. The highest BCUT2D eigenvalue weighted by molar-refractivity contribution is 5.73. The second-order valence-electron chi connectivity index (χ2n) is 7.86. The molecule has 4 rings (SSSR count). The second kappa shape index (κ2) is 10.9. The first-order chi connectivity index (χ1) is 17.4. The molecular formula is C28H21N3O5. The lowest BCUT2D eigenvalue weighted by molar-refractivity contribution is -0.385. The smallest absolute Gasteiger partial charge is 0.269 e. The average Bonchev–Trinajstić information content (AvgIpc) is 2.91. The van der Waals surface area contributed by atoms with E-state index in [1.165, 1.54) is 24.3 Å². The molecule has 0 fully saturated rings. The van der Waals surface area contributed by atoms with Crippen molar-refractivity contribution >= 4 is 47.1 Å². The first-order valence-electron chi connectivity index (χ1n) is 10.9. The van der Waals surface area contributed by atoms with Gasteiger partial charge in [0, 0.05) is 24.3 Å². The van der Waals surface area contributed by atoms with Crippen LogP contribution in [0, 0.1) is 20.2 Å². The van der Waals surface area contributed by atoms with Crippen LogP contribution < -0.4 is 5.06 Å². The Bertz CT molecular complexity index is 1300. The van der Waals surface area contributed by atoms with E-state index < -0.39 is 9.85 Å². The summed E-state index contributed by atoms with van der Waals surface area (Å²) in [4.78, 5) is 20.6. The van der Waals surface area contributed by atoms with Gasteiger partial charge in [0.05, 0.1) is 21.2 Å². The first-order valence-corrected chi connectivity index (χ1v) is 10.9. The third-order valence-electron chi connectivity index (χ3n) is 5.42. The Hall–Kier alpha value is -5.08. The van der Waals surface area contributed by atoms with Crippen molar-refractivity contribution in [3.8, 4) is 0 Å². The SMILES string of the molecule is O=[N+]([O-])c1ccc(C=Cc2ccc(N(O)c3ccc(C=Cc4ccc([N+](=O)[O-])cc4)cc3)cc2)cc1. The van der Waals surface area contributed by atoms with Gasteiger partial charge in [0.25, 0.3) is 11.4 Å². The van der Waals surface area contributed by atoms with Gasteiger partial charge in [-0.05, 0) is 70.8 Å². The van der Waals surface area contributed by atoms with Crippen LogP contribution in [0.1, 0.15) is 22.3 Å². The number of hydrogen-bond acceptors (Lipinski definition) is 6. The quantitative estimate of drug-likeness (QED) is 0.160. The lowest BCUT2D eigenvalue weighted by Crippen LogP contribution is -2.10. The minimum absolute atomic E-state index is 0.0492. The summed E-state index contributed by atoms with van der Waals surface area (Å²) >= 11 is 0. The zero-order chi connectivity index (χ0) is 25.5. The minimum atomic E-state index is -0.432. The Kier molecular flexibility index (Phi) is 7.28. The topological polar surface area (TPSA) is 110 Å². The Morgan fingerprint density at radius 1 is 0.500 bits per heavy atom. The molecule has 0 radical (unpaired) electrons. The largest absolute Gasteiger partial charge is 0.284 e. The van der Waals surface area contributed by atoms with Crippen molar-refractivity contribution in [2.45, 2.75) is 0 Å². The number of nitro groups is 2. The van der Waals surface area contributed by atoms with Crippen LogP contribution in [0.3, 0.4) is 0 Å². The van der Waals surface area contributed by atoms with Crippen LogP contribution in [-0.4, -0.2) is 15.1 Å². The number of non-ortho nitro benzene ring substituents is 2. The van der Waals surface area contributed by atoms with E-state index in [2.05, 4.69) is 0 Å². The summed E-state index contributed by atoms with van der Waals surface area (Å²) in [5, 5.41) is 33.2. The van der Waals surface area contributed by atoms with Gasteiger partial charge in [-0.15, -0.1) is 0 Å².